The fraction of sp³-hybridized carbons (Fsp3) is 0.881. The molecule has 506 valence electrons. The van der Waals surface area contributed by atoms with Crippen LogP contribution in [0.2, 0.25) is 0 Å². The van der Waals surface area contributed by atoms with Gasteiger partial charge in [-0.1, -0.05) is 258 Å². The summed E-state index contributed by atoms with van der Waals surface area (Å²) in [4.78, 5) is 72.2. The number of phosphoric acid groups is 2. The van der Waals surface area contributed by atoms with Crippen LogP contribution in [-0.4, -0.2) is 96.7 Å². The molecular weight excluding hydrogens is 1140 g/mol. The SMILES string of the molecule is CCCCCC/C=C\C=C/CCCCCCCC(=O)O[C@H](COC(=O)CCCCCCCCCCCCCC(C)C)COP(=O)(O)OC[C@@H](O)COP(=O)(O)OC[C@@H](COC(=O)CCCCCCCCC)OC(=O)CCCCCCCCCC(C)C. The fourth-order valence-electron chi connectivity index (χ4n) is 9.52. The summed E-state index contributed by atoms with van der Waals surface area (Å²) in [7, 11) is -9.90. The Balaban J connectivity index is 5.25. The smallest absolute Gasteiger partial charge is 0.462 e. The second kappa shape index (κ2) is 58.9. The van der Waals surface area contributed by atoms with Gasteiger partial charge in [0, 0.05) is 25.7 Å². The molecule has 0 heterocycles. The molecule has 0 fully saturated rings. The predicted molar refractivity (Wildman–Crippen MR) is 344 cm³/mol. The van der Waals surface area contributed by atoms with Crippen molar-refractivity contribution >= 4 is 39.5 Å². The number of carbonyl (C=O) groups is 4. The van der Waals surface area contributed by atoms with E-state index in [2.05, 4.69) is 65.8 Å². The van der Waals surface area contributed by atoms with E-state index in [1.807, 2.05) is 0 Å². The van der Waals surface area contributed by atoms with E-state index < -0.39 is 97.5 Å². The van der Waals surface area contributed by atoms with Crippen molar-refractivity contribution in [1.29, 1.82) is 0 Å². The molecule has 0 aliphatic heterocycles. The minimum atomic E-state index is -4.96. The van der Waals surface area contributed by atoms with Crippen LogP contribution < -0.4 is 0 Å². The number of hydrogen-bond donors (Lipinski definition) is 3. The molecule has 3 N–H and O–H groups in total. The summed E-state index contributed by atoms with van der Waals surface area (Å²) in [5.74, 6) is -0.703. The van der Waals surface area contributed by atoms with E-state index in [4.69, 9.17) is 37.0 Å². The van der Waals surface area contributed by atoms with Gasteiger partial charge in [0.2, 0.25) is 0 Å². The quantitative estimate of drug-likeness (QED) is 0.0169. The second-order valence-corrected chi connectivity index (χ2v) is 27.4. The van der Waals surface area contributed by atoms with Crippen LogP contribution in [0.15, 0.2) is 24.3 Å². The van der Waals surface area contributed by atoms with E-state index in [-0.39, 0.29) is 25.7 Å². The van der Waals surface area contributed by atoms with E-state index in [9.17, 15) is 43.2 Å². The molecule has 0 aromatic carbocycles. The van der Waals surface area contributed by atoms with Crippen LogP contribution in [0, 0.1) is 11.8 Å². The summed E-state index contributed by atoms with van der Waals surface area (Å²) in [6.45, 7) is 9.35. The highest BCUT2D eigenvalue weighted by Crippen LogP contribution is 2.45. The fourth-order valence-corrected chi connectivity index (χ4v) is 11.1. The third-order valence-corrected chi connectivity index (χ3v) is 16.7. The predicted octanol–water partition coefficient (Wildman–Crippen LogP) is 18.4. The maximum atomic E-state index is 13.0. The van der Waals surface area contributed by atoms with Crippen molar-refractivity contribution in [3.8, 4) is 0 Å². The highest BCUT2D eigenvalue weighted by molar-refractivity contribution is 7.47. The first-order valence-electron chi connectivity index (χ1n) is 34.3. The van der Waals surface area contributed by atoms with Gasteiger partial charge < -0.3 is 33.8 Å². The molecule has 17 nitrogen and oxygen atoms in total. The topological polar surface area (TPSA) is 237 Å². The van der Waals surface area contributed by atoms with Crippen LogP contribution in [-0.2, 0) is 65.4 Å². The normalized spacial score (nSPS) is 14.4. The van der Waals surface area contributed by atoms with Crippen molar-refractivity contribution in [3.63, 3.8) is 0 Å². The van der Waals surface area contributed by atoms with Crippen molar-refractivity contribution in [1.82, 2.24) is 0 Å². The summed E-state index contributed by atoms with van der Waals surface area (Å²) < 4.78 is 68.0. The number of phosphoric ester groups is 2. The van der Waals surface area contributed by atoms with Gasteiger partial charge in [-0.05, 0) is 63.2 Å². The zero-order valence-corrected chi connectivity index (χ0v) is 56.9. The monoisotopic (exact) mass is 1260 g/mol. The first-order valence-corrected chi connectivity index (χ1v) is 37.3. The van der Waals surface area contributed by atoms with Crippen LogP contribution in [0.3, 0.4) is 0 Å². The highest BCUT2D eigenvalue weighted by Gasteiger charge is 2.30. The molecular formula is C67H126O17P2. The molecule has 0 saturated heterocycles. The zero-order valence-electron chi connectivity index (χ0n) is 55.1. The van der Waals surface area contributed by atoms with Gasteiger partial charge in [0.05, 0.1) is 26.4 Å². The van der Waals surface area contributed by atoms with Gasteiger partial charge in [0.1, 0.15) is 19.3 Å². The number of allylic oxidation sites excluding steroid dienone is 4. The summed E-state index contributed by atoms with van der Waals surface area (Å²) in [6.07, 6.45) is 45.5. The number of unbranched alkanes of at least 4 members (excludes halogenated alkanes) is 31. The lowest BCUT2D eigenvalue weighted by Gasteiger charge is -2.21. The number of esters is 4. The van der Waals surface area contributed by atoms with Gasteiger partial charge in [0.15, 0.2) is 12.2 Å². The van der Waals surface area contributed by atoms with Gasteiger partial charge in [-0.25, -0.2) is 9.13 Å². The Bertz CT molecular complexity index is 1780. The average Bonchev–Trinajstić information content (AvgIpc) is 3.62. The maximum Gasteiger partial charge on any atom is 0.472 e. The van der Waals surface area contributed by atoms with Crippen LogP contribution in [0.4, 0.5) is 0 Å². The van der Waals surface area contributed by atoms with Crippen molar-refractivity contribution in [2.24, 2.45) is 11.8 Å². The van der Waals surface area contributed by atoms with Crippen molar-refractivity contribution in [2.45, 2.75) is 330 Å². The van der Waals surface area contributed by atoms with Crippen LogP contribution >= 0.6 is 15.6 Å². The average molecular weight is 1270 g/mol. The van der Waals surface area contributed by atoms with Gasteiger partial charge in [-0.15, -0.1) is 0 Å². The molecule has 19 heteroatoms. The summed E-state index contributed by atoms with van der Waals surface area (Å²) in [5.41, 5.74) is 0. The number of aliphatic hydroxyl groups is 1. The Morgan fingerprint density at radius 1 is 0.360 bits per heavy atom. The number of aliphatic hydroxyl groups excluding tert-OH is 1. The minimum absolute atomic E-state index is 0.0846. The third-order valence-electron chi connectivity index (χ3n) is 14.8. The van der Waals surface area contributed by atoms with Crippen LogP contribution in [0.5, 0.6) is 0 Å². The lowest BCUT2D eigenvalue weighted by atomic mass is 10.0. The zero-order chi connectivity index (χ0) is 63.6. The summed E-state index contributed by atoms with van der Waals surface area (Å²) in [6, 6.07) is 0. The Morgan fingerprint density at radius 2 is 0.628 bits per heavy atom. The summed E-state index contributed by atoms with van der Waals surface area (Å²) >= 11 is 0. The number of hydrogen-bond acceptors (Lipinski definition) is 15. The van der Waals surface area contributed by atoms with E-state index in [0.717, 1.165) is 121 Å². The molecule has 0 aromatic heterocycles. The van der Waals surface area contributed by atoms with Crippen LogP contribution in [0.25, 0.3) is 0 Å². The van der Waals surface area contributed by atoms with Crippen molar-refractivity contribution in [3.05, 3.63) is 24.3 Å². The molecule has 0 aliphatic rings. The first kappa shape index (κ1) is 83.5. The van der Waals surface area contributed by atoms with E-state index in [1.54, 1.807) is 0 Å². The van der Waals surface area contributed by atoms with Crippen molar-refractivity contribution in [2.75, 3.05) is 39.6 Å². The molecule has 0 aliphatic carbocycles. The Kier molecular flexibility index (Phi) is 57.2. The number of ether oxygens (including phenoxy) is 4. The third kappa shape index (κ3) is 60.5. The first-order chi connectivity index (χ1) is 41.4. The Morgan fingerprint density at radius 3 is 0.953 bits per heavy atom. The van der Waals surface area contributed by atoms with Gasteiger partial charge in [-0.3, -0.25) is 37.3 Å². The number of carbonyl (C=O) groups excluding carboxylic acids is 4. The number of rotatable bonds is 64. The molecule has 86 heavy (non-hydrogen) atoms. The molecule has 5 atom stereocenters. The lowest BCUT2D eigenvalue weighted by molar-refractivity contribution is -0.161. The molecule has 0 bridgehead atoms. The van der Waals surface area contributed by atoms with Gasteiger partial charge in [-0.2, -0.15) is 0 Å². The Hall–Kier alpha value is -2.46. The van der Waals surface area contributed by atoms with E-state index in [1.165, 1.54) is 103 Å². The van der Waals surface area contributed by atoms with Gasteiger partial charge >= 0.3 is 39.5 Å². The second-order valence-electron chi connectivity index (χ2n) is 24.5. The highest BCUT2D eigenvalue weighted by atomic mass is 31.2. The van der Waals surface area contributed by atoms with E-state index in [0.29, 0.717) is 31.6 Å². The van der Waals surface area contributed by atoms with Crippen molar-refractivity contribution < 1.29 is 80.2 Å². The Labute approximate surface area is 522 Å². The minimum Gasteiger partial charge on any atom is -0.462 e. The van der Waals surface area contributed by atoms with E-state index >= 15 is 0 Å². The summed E-state index contributed by atoms with van der Waals surface area (Å²) in [5, 5.41) is 10.5. The lowest BCUT2D eigenvalue weighted by Crippen LogP contribution is -2.30. The molecule has 2 unspecified atom stereocenters. The molecule has 0 aromatic rings. The maximum absolute atomic E-state index is 13.0. The standard InChI is InChI=1S/C67H126O17P2/c1-7-9-11-13-15-16-17-18-19-20-23-27-33-39-45-51-66(71)83-63(56-78-65(70)50-44-38-32-26-24-21-22-25-30-35-41-47-59(3)4)58-82-86(75,76)80-54-61(68)53-79-85(73,74)81-57-62(55-77-64(69)49-43-37-29-14-12-10-8-2)84-67(72)52-46-40-34-28-31-36-42-48-60(5)6/h16-19,59-63,68H,7-15,20-58H2,1-6H3,(H,73,74)(H,75,76)/b17-16-,19-18-/t61-,62+,63+/m0/s1. The molecule has 0 spiro atoms. The molecule has 0 amide bonds. The molecule has 0 saturated carbocycles. The van der Waals surface area contributed by atoms with Gasteiger partial charge in [0.25, 0.3) is 0 Å². The largest absolute Gasteiger partial charge is 0.472 e. The molecule has 0 radical (unpaired) electrons. The molecule has 0 rings (SSSR count). The van der Waals surface area contributed by atoms with Crippen LogP contribution in [0.1, 0.15) is 311 Å².